The lowest BCUT2D eigenvalue weighted by Crippen LogP contribution is -2.69. The van der Waals surface area contributed by atoms with Crippen molar-refractivity contribution in [2.75, 3.05) is 13.2 Å². The number of carbonyl (C=O) groups excluding carboxylic acids is 8. The Kier molecular flexibility index (Phi) is 14.5. The molecule has 0 bridgehead atoms. The Balaban J connectivity index is 2.73. The SMILES string of the molecule is CC(=O)N[C@H]1C(OC(C)=O)O[C@H](COC(C)=O)[C@@H](O[C@H]2O[C@H](COC(C)=O)[C@@H](OC(C)=O)[C@H](OC(C)=O)[C@H]2OC(C)=O)[C@@H]1OC(C)=O. The molecule has 2 fully saturated rings. The molecule has 264 valence electrons. The summed E-state index contributed by atoms with van der Waals surface area (Å²) in [5, 5.41) is 2.48. The third-order valence-corrected chi connectivity index (χ3v) is 6.29. The molecule has 1 N–H and O–H groups in total. The van der Waals surface area contributed by atoms with E-state index in [9.17, 15) is 38.4 Å². The summed E-state index contributed by atoms with van der Waals surface area (Å²) in [5.74, 6) is -6.64. The van der Waals surface area contributed by atoms with Gasteiger partial charge >= 0.3 is 41.8 Å². The van der Waals surface area contributed by atoms with E-state index in [1.807, 2.05) is 0 Å². The van der Waals surface area contributed by atoms with E-state index in [0.29, 0.717) is 0 Å². The zero-order chi connectivity index (χ0) is 35.6. The lowest BCUT2D eigenvalue weighted by molar-refractivity contribution is -0.348. The van der Waals surface area contributed by atoms with Crippen molar-refractivity contribution in [1.82, 2.24) is 5.32 Å². The van der Waals surface area contributed by atoms with E-state index >= 15 is 0 Å². The minimum Gasteiger partial charge on any atom is -0.463 e. The van der Waals surface area contributed by atoms with Crippen LogP contribution in [-0.2, 0) is 85.7 Å². The summed E-state index contributed by atoms with van der Waals surface area (Å²) in [6, 6.07) is -1.43. The molecule has 0 aliphatic carbocycles. The van der Waals surface area contributed by atoms with Gasteiger partial charge in [0, 0.05) is 55.4 Å². The topological polar surface area (TPSA) is 241 Å². The first-order valence-electron chi connectivity index (χ1n) is 14.3. The Bertz CT molecular complexity index is 1200. The van der Waals surface area contributed by atoms with Gasteiger partial charge in [-0.05, 0) is 0 Å². The van der Waals surface area contributed by atoms with Crippen LogP contribution in [0.4, 0.5) is 0 Å². The minimum atomic E-state index is -1.80. The fourth-order valence-electron chi connectivity index (χ4n) is 4.84. The third kappa shape index (κ3) is 12.1. The second-order valence-corrected chi connectivity index (χ2v) is 10.4. The molecule has 2 saturated heterocycles. The zero-order valence-electron chi connectivity index (χ0n) is 27.0. The minimum absolute atomic E-state index is 0.577. The van der Waals surface area contributed by atoms with Crippen LogP contribution in [0, 0.1) is 0 Å². The highest BCUT2D eigenvalue weighted by atomic mass is 16.8. The number of hydrogen-bond donors (Lipinski definition) is 1. The highest BCUT2D eigenvalue weighted by Gasteiger charge is 2.57. The number of carbonyl (C=O) groups is 8. The van der Waals surface area contributed by atoms with Crippen molar-refractivity contribution < 1.29 is 85.7 Å². The molecule has 1 amide bonds. The normalized spacial score (nSPS) is 30.0. The van der Waals surface area contributed by atoms with Crippen molar-refractivity contribution >= 4 is 47.7 Å². The standard InChI is InChI=1S/C28H39NO18/c1-11(30)29-21-24(41-15(5)34)22(19(9-38-12(2)31)45-27(21)44-18(8)37)47-28-26(43-17(7)36)25(42-16(6)35)23(40-14(4)33)20(46-28)10-39-13(3)32/h19-28H,9-10H2,1-8H3,(H,29,30)/t19-,20-,21-,22-,23-,24-,25+,26-,27?,28-/m1/s1. The molecule has 0 aromatic rings. The lowest BCUT2D eigenvalue weighted by Gasteiger charge is -2.48. The molecule has 0 radical (unpaired) electrons. The average molecular weight is 678 g/mol. The predicted octanol–water partition coefficient (Wildman–Crippen LogP) is -1.26. The van der Waals surface area contributed by atoms with Crippen LogP contribution in [0.15, 0.2) is 0 Å². The molecule has 19 heteroatoms. The van der Waals surface area contributed by atoms with E-state index in [0.717, 1.165) is 55.4 Å². The second-order valence-electron chi connectivity index (χ2n) is 10.4. The molecule has 0 aromatic carbocycles. The van der Waals surface area contributed by atoms with E-state index in [2.05, 4.69) is 5.32 Å². The number of rotatable bonds is 12. The Morgan fingerprint density at radius 2 is 0.872 bits per heavy atom. The number of nitrogens with one attached hydrogen (secondary N) is 1. The maximum Gasteiger partial charge on any atom is 0.305 e. The van der Waals surface area contributed by atoms with E-state index in [4.69, 9.17) is 47.4 Å². The highest BCUT2D eigenvalue weighted by Crippen LogP contribution is 2.34. The molecule has 2 aliphatic heterocycles. The molecule has 0 aromatic heterocycles. The largest absolute Gasteiger partial charge is 0.463 e. The maximum atomic E-state index is 12.3. The molecule has 10 atom stereocenters. The number of hydrogen-bond acceptors (Lipinski definition) is 18. The Morgan fingerprint density at radius 1 is 0.468 bits per heavy atom. The molecule has 2 rings (SSSR count). The summed E-state index contributed by atoms with van der Waals surface area (Å²) < 4.78 is 55.2. The highest BCUT2D eigenvalue weighted by molar-refractivity contribution is 5.74. The van der Waals surface area contributed by atoms with E-state index in [1.165, 1.54) is 0 Å². The van der Waals surface area contributed by atoms with Crippen LogP contribution < -0.4 is 5.32 Å². The summed E-state index contributed by atoms with van der Waals surface area (Å²) in [4.78, 5) is 96.5. The summed E-state index contributed by atoms with van der Waals surface area (Å²) in [5.41, 5.74) is 0. The smallest absolute Gasteiger partial charge is 0.305 e. The number of amides is 1. The van der Waals surface area contributed by atoms with Crippen LogP contribution in [0.3, 0.4) is 0 Å². The van der Waals surface area contributed by atoms with E-state index < -0.39 is 122 Å². The summed E-state index contributed by atoms with van der Waals surface area (Å²) >= 11 is 0. The Labute approximate surface area is 269 Å². The quantitative estimate of drug-likeness (QED) is 0.187. The zero-order valence-corrected chi connectivity index (χ0v) is 27.0. The van der Waals surface area contributed by atoms with Crippen molar-refractivity contribution in [2.24, 2.45) is 0 Å². The van der Waals surface area contributed by atoms with Gasteiger partial charge in [-0.25, -0.2) is 0 Å². The van der Waals surface area contributed by atoms with Crippen molar-refractivity contribution in [3.05, 3.63) is 0 Å². The van der Waals surface area contributed by atoms with Gasteiger partial charge in [-0.1, -0.05) is 0 Å². The van der Waals surface area contributed by atoms with Crippen LogP contribution in [-0.4, -0.2) is 122 Å². The van der Waals surface area contributed by atoms with Gasteiger partial charge in [0.1, 0.15) is 37.6 Å². The molecule has 19 nitrogen and oxygen atoms in total. The first-order chi connectivity index (χ1) is 21.9. The van der Waals surface area contributed by atoms with Crippen LogP contribution >= 0.6 is 0 Å². The molecule has 2 aliphatic rings. The summed E-state index contributed by atoms with van der Waals surface area (Å²) in [6.07, 6.45) is -14.2. The summed E-state index contributed by atoms with van der Waals surface area (Å²) in [7, 11) is 0. The molecular weight excluding hydrogens is 638 g/mol. The van der Waals surface area contributed by atoms with Crippen molar-refractivity contribution in [2.45, 2.75) is 117 Å². The number of ether oxygens (including phenoxy) is 10. The van der Waals surface area contributed by atoms with Crippen LogP contribution in [0.2, 0.25) is 0 Å². The van der Waals surface area contributed by atoms with Gasteiger partial charge < -0.3 is 52.7 Å². The van der Waals surface area contributed by atoms with Crippen LogP contribution in [0.25, 0.3) is 0 Å². The van der Waals surface area contributed by atoms with Crippen molar-refractivity contribution in [3.63, 3.8) is 0 Å². The van der Waals surface area contributed by atoms with E-state index in [1.54, 1.807) is 0 Å². The van der Waals surface area contributed by atoms with Crippen LogP contribution in [0.5, 0.6) is 0 Å². The van der Waals surface area contributed by atoms with Crippen LogP contribution in [0.1, 0.15) is 55.4 Å². The first kappa shape index (κ1) is 38.8. The lowest BCUT2D eigenvalue weighted by atomic mass is 9.94. The third-order valence-electron chi connectivity index (χ3n) is 6.29. The Hall–Kier alpha value is -4.36. The van der Waals surface area contributed by atoms with Gasteiger partial charge in [-0.15, -0.1) is 0 Å². The molecule has 0 spiro atoms. The molecular formula is C28H39NO18. The molecule has 0 saturated carbocycles. The molecule has 1 unspecified atom stereocenters. The van der Waals surface area contributed by atoms with Gasteiger partial charge in [-0.3, -0.25) is 38.4 Å². The van der Waals surface area contributed by atoms with Gasteiger partial charge in [0.2, 0.25) is 12.2 Å². The van der Waals surface area contributed by atoms with Gasteiger partial charge in [0.05, 0.1) is 0 Å². The molecule has 47 heavy (non-hydrogen) atoms. The average Bonchev–Trinajstić information content (AvgIpc) is 2.91. The van der Waals surface area contributed by atoms with Crippen molar-refractivity contribution in [1.29, 1.82) is 0 Å². The summed E-state index contributed by atoms with van der Waals surface area (Å²) in [6.45, 7) is 7.30. The fraction of sp³-hybridized carbons (Fsp3) is 0.714. The fourth-order valence-corrected chi connectivity index (χ4v) is 4.84. The van der Waals surface area contributed by atoms with E-state index in [-0.39, 0.29) is 0 Å². The van der Waals surface area contributed by atoms with Gasteiger partial charge in [-0.2, -0.15) is 0 Å². The Morgan fingerprint density at radius 3 is 1.32 bits per heavy atom. The first-order valence-corrected chi connectivity index (χ1v) is 14.3. The van der Waals surface area contributed by atoms with Gasteiger partial charge in [0.15, 0.2) is 30.7 Å². The number of esters is 7. The maximum absolute atomic E-state index is 12.3. The monoisotopic (exact) mass is 677 g/mol. The van der Waals surface area contributed by atoms with Gasteiger partial charge in [0.25, 0.3) is 0 Å². The predicted molar refractivity (Wildman–Crippen MR) is 147 cm³/mol. The second kappa shape index (κ2) is 17.5. The van der Waals surface area contributed by atoms with Crippen molar-refractivity contribution in [3.8, 4) is 0 Å². The molecule has 2 heterocycles.